The van der Waals surface area contributed by atoms with Gasteiger partial charge in [-0.3, -0.25) is 0 Å². The quantitative estimate of drug-likeness (QED) is 0.865. The number of anilines is 1. The van der Waals surface area contributed by atoms with Crippen molar-refractivity contribution in [3.05, 3.63) is 30.6 Å². The maximum atomic E-state index is 4.35. The van der Waals surface area contributed by atoms with Gasteiger partial charge in [-0.1, -0.05) is 12.1 Å². The highest BCUT2D eigenvalue weighted by molar-refractivity contribution is 5.88. The standard InChI is InChI=1S/C14H18N4/c1-2-4-13-12(3-1)14(18-10-17-13)16-9-11-5-7-15-8-6-11/h1-4,10-11,15H,5-9H2,(H,16,17,18). The van der Waals surface area contributed by atoms with Gasteiger partial charge in [0.25, 0.3) is 0 Å². The third-order valence-corrected chi connectivity index (χ3v) is 3.56. The van der Waals surface area contributed by atoms with Crippen molar-refractivity contribution in [3.63, 3.8) is 0 Å². The van der Waals surface area contributed by atoms with E-state index in [-0.39, 0.29) is 0 Å². The van der Waals surface area contributed by atoms with Gasteiger partial charge in [-0.2, -0.15) is 0 Å². The Morgan fingerprint density at radius 3 is 2.89 bits per heavy atom. The monoisotopic (exact) mass is 242 g/mol. The molecule has 1 fully saturated rings. The van der Waals surface area contributed by atoms with Crippen LogP contribution < -0.4 is 10.6 Å². The van der Waals surface area contributed by atoms with E-state index >= 15 is 0 Å². The number of nitrogens with zero attached hydrogens (tertiary/aromatic N) is 2. The number of para-hydroxylation sites is 1. The van der Waals surface area contributed by atoms with Crippen LogP contribution in [0.1, 0.15) is 12.8 Å². The summed E-state index contributed by atoms with van der Waals surface area (Å²) < 4.78 is 0. The lowest BCUT2D eigenvalue weighted by Crippen LogP contribution is -2.31. The molecule has 0 unspecified atom stereocenters. The van der Waals surface area contributed by atoms with Crippen molar-refractivity contribution in [2.24, 2.45) is 5.92 Å². The van der Waals surface area contributed by atoms with Crippen LogP contribution in [0.25, 0.3) is 10.9 Å². The lowest BCUT2D eigenvalue weighted by Gasteiger charge is -2.23. The van der Waals surface area contributed by atoms with Crippen LogP contribution in [0.3, 0.4) is 0 Å². The second kappa shape index (κ2) is 5.31. The predicted molar refractivity (Wildman–Crippen MR) is 73.6 cm³/mol. The molecule has 18 heavy (non-hydrogen) atoms. The normalized spacial score (nSPS) is 16.9. The molecule has 2 heterocycles. The Balaban J connectivity index is 1.74. The smallest absolute Gasteiger partial charge is 0.137 e. The Hall–Kier alpha value is -1.68. The number of nitrogens with one attached hydrogen (secondary N) is 2. The zero-order valence-corrected chi connectivity index (χ0v) is 10.4. The van der Waals surface area contributed by atoms with Gasteiger partial charge in [-0.25, -0.2) is 9.97 Å². The Kier molecular flexibility index (Phi) is 3.37. The van der Waals surface area contributed by atoms with Gasteiger partial charge in [0.1, 0.15) is 12.1 Å². The fourth-order valence-electron chi connectivity index (χ4n) is 2.47. The number of hydrogen-bond donors (Lipinski definition) is 2. The summed E-state index contributed by atoms with van der Waals surface area (Å²) in [6.07, 6.45) is 4.12. The van der Waals surface area contributed by atoms with Crippen molar-refractivity contribution in [2.45, 2.75) is 12.8 Å². The molecule has 94 valence electrons. The number of piperidine rings is 1. The molecule has 0 bridgehead atoms. The molecule has 4 nitrogen and oxygen atoms in total. The largest absolute Gasteiger partial charge is 0.369 e. The summed E-state index contributed by atoms with van der Waals surface area (Å²) in [7, 11) is 0. The molecule has 0 saturated carbocycles. The maximum absolute atomic E-state index is 4.35. The number of benzene rings is 1. The van der Waals surface area contributed by atoms with Crippen LogP contribution in [-0.4, -0.2) is 29.6 Å². The molecule has 1 saturated heterocycles. The number of hydrogen-bond acceptors (Lipinski definition) is 4. The molecular weight excluding hydrogens is 224 g/mol. The van der Waals surface area contributed by atoms with Gasteiger partial charge in [0.2, 0.25) is 0 Å². The fourth-order valence-corrected chi connectivity index (χ4v) is 2.47. The van der Waals surface area contributed by atoms with Crippen LogP contribution in [0.15, 0.2) is 30.6 Å². The molecule has 3 rings (SSSR count). The van der Waals surface area contributed by atoms with E-state index in [1.807, 2.05) is 18.2 Å². The van der Waals surface area contributed by atoms with Crippen molar-refractivity contribution < 1.29 is 0 Å². The highest BCUT2D eigenvalue weighted by atomic mass is 15.0. The topological polar surface area (TPSA) is 49.8 Å². The van der Waals surface area contributed by atoms with Gasteiger partial charge >= 0.3 is 0 Å². The summed E-state index contributed by atoms with van der Waals surface area (Å²) >= 11 is 0. The van der Waals surface area contributed by atoms with Gasteiger partial charge in [-0.15, -0.1) is 0 Å². The lowest BCUT2D eigenvalue weighted by molar-refractivity contribution is 0.389. The first-order valence-electron chi connectivity index (χ1n) is 6.58. The molecule has 2 aromatic rings. The molecule has 2 N–H and O–H groups in total. The van der Waals surface area contributed by atoms with Gasteiger partial charge in [0, 0.05) is 11.9 Å². The van der Waals surface area contributed by atoms with Gasteiger partial charge in [-0.05, 0) is 44.0 Å². The molecule has 1 aromatic carbocycles. The molecule has 0 spiro atoms. The molecular formula is C14H18N4. The second-order valence-corrected chi connectivity index (χ2v) is 4.81. The van der Waals surface area contributed by atoms with Gasteiger partial charge in [0.15, 0.2) is 0 Å². The van der Waals surface area contributed by atoms with Crippen LogP contribution in [-0.2, 0) is 0 Å². The van der Waals surface area contributed by atoms with Crippen LogP contribution in [0.2, 0.25) is 0 Å². The van der Waals surface area contributed by atoms with Crippen LogP contribution in [0.5, 0.6) is 0 Å². The van der Waals surface area contributed by atoms with E-state index in [4.69, 9.17) is 0 Å². The van der Waals surface area contributed by atoms with Crippen LogP contribution in [0, 0.1) is 5.92 Å². The zero-order chi connectivity index (χ0) is 12.2. The van der Waals surface area contributed by atoms with Gasteiger partial charge < -0.3 is 10.6 Å². The summed E-state index contributed by atoms with van der Waals surface area (Å²) in [5.41, 5.74) is 1.00. The molecule has 1 aliphatic rings. The van der Waals surface area contributed by atoms with E-state index in [2.05, 4.69) is 26.7 Å². The highest BCUT2D eigenvalue weighted by Crippen LogP contribution is 2.19. The molecule has 1 aromatic heterocycles. The highest BCUT2D eigenvalue weighted by Gasteiger charge is 2.13. The third kappa shape index (κ3) is 2.43. The first kappa shape index (κ1) is 11.4. The summed E-state index contributed by atoms with van der Waals surface area (Å²) in [5, 5.41) is 7.97. The summed E-state index contributed by atoms with van der Waals surface area (Å²) in [5.74, 6) is 1.71. The van der Waals surface area contributed by atoms with Crippen molar-refractivity contribution in [1.82, 2.24) is 15.3 Å². The lowest BCUT2D eigenvalue weighted by atomic mass is 9.98. The van der Waals surface area contributed by atoms with E-state index in [0.717, 1.165) is 42.3 Å². The van der Waals surface area contributed by atoms with Crippen molar-refractivity contribution >= 4 is 16.7 Å². The number of aromatic nitrogens is 2. The minimum Gasteiger partial charge on any atom is -0.369 e. The average molecular weight is 242 g/mol. The Labute approximate surface area is 107 Å². The first-order chi connectivity index (χ1) is 8.93. The molecule has 0 atom stereocenters. The zero-order valence-electron chi connectivity index (χ0n) is 10.4. The summed E-state index contributed by atoms with van der Waals surface area (Å²) in [4.78, 5) is 8.63. The third-order valence-electron chi connectivity index (χ3n) is 3.56. The van der Waals surface area contributed by atoms with Crippen LogP contribution in [0.4, 0.5) is 5.82 Å². The van der Waals surface area contributed by atoms with E-state index in [1.165, 1.54) is 12.8 Å². The SMILES string of the molecule is c1ccc2c(NCC3CCNCC3)ncnc2c1. The van der Waals surface area contributed by atoms with E-state index in [1.54, 1.807) is 6.33 Å². The maximum Gasteiger partial charge on any atom is 0.137 e. The second-order valence-electron chi connectivity index (χ2n) is 4.81. The summed E-state index contributed by atoms with van der Waals surface area (Å²) in [6.45, 7) is 3.27. The van der Waals surface area contributed by atoms with E-state index in [0.29, 0.717) is 0 Å². The minimum atomic E-state index is 0.750. The molecule has 0 aliphatic carbocycles. The number of rotatable bonds is 3. The first-order valence-corrected chi connectivity index (χ1v) is 6.58. The predicted octanol–water partition coefficient (Wildman–Crippen LogP) is 2.04. The fraction of sp³-hybridized carbons (Fsp3) is 0.429. The van der Waals surface area contributed by atoms with Crippen molar-refractivity contribution in [1.29, 1.82) is 0 Å². The minimum absolute atomic E-state index is 0.750. The summed E-state index contributed by atoms with van der Waals surface area (Å²) in [6, 6.07) is 8.13. The molecule has 1 aliphatic heterocycles. The Morgan fingerprint density at radius 2 is 2.00 bits per heavy atom. The average Bonchev–Trinajstić information content (AvgIpc) is 2.46. The van der Waals surface area contributed by atoms with E-state index < -0.39 is 0 Å². The van der Waals surface area contributed by atoms with Crippen molar-refractivity contribution in [3.8, 4) is 0 Å². The van der Waals surface area contributed by atoms with E-state index in [9.17, 15) is 0 Å². The Bertz CT molecular complexity index is 515. The molecule has 4 heteroatoms. The number of fused-ring (bicyclic) bond motifs is 1. The molecule has 0 amide bonds. The Morgan fingerprint density at radius 1 is 1.17 bits per heavy atom. The van der Waals surface area contributed by atoms with Crippen LogP contribution >= 0.6 is 0 Å². The van der Waals surface area contributed by atoms with Gasteiger partial charge in [0.05, 0.1) is 5.52 Å². The molecule has 0 radical (unpaired) electrons. The van der Waals surface area contributed by atoms with Crippen molar-refractivity contribution in [2.75, 3.05) is 25.0 Å².